The number of rotatable bonds is 4. The molecule has 1 N–H and O–H groups in total. The van der Waals surface area contributed by atoms with Gasteiger partial charge in [0.2, 0.25) is 0 Å². The number of carbonyl (C=O) groups is 3. The highest BCUT2D eigenvalue weighted by atomic mass is 79.9. The monoisotopic (exact) mass is 579 g/mol. The predicted molar refractivity (Wildman–Crippen MR) is 131 cm³/mol. The Bertz CT molecular complexity index is 1360. The van der Waals surface area contributed by atoms with Crippen LogP contribution in [-0.4, -0.2) is 33.5 Å². The van der Waals surface area contributed by atoms with Gasteiger partial charge in [-0.2, -0.15) is 13.2 Å². The van der Waals surface area contributed by atoms with Gasteiger partial charge >= 0.3 is 6.18 Å². The van der Waals surface area contributed by atoms with E-state index in [-0.39, 0.29) is 36.0 Å². The molecule has 11 heteroatoms. The molecule has 2 aromatic carbocycles. The van der Waals surface area contributed by atoms with Crippen LogP contribution in [0.25, 0.3) is 0 Å². The van der Waals surface area contributed by atoms with E-state index in [1.807, 2.05) is 0 Å². The second-order valence-electron chi connectivity index (χ2n) is 8.25. The zero-order valence-electron chi connectivity index (χ0n) is 18.7. The number of hydrogen-bond donors (Lipinski definition) is 1. The van der Waals surface area contributed by atoms with Gasteiger partial charge in [-0.1, -0.05) is 17.7 Å². The number of fused-ring (bicyclic) bond motifs is 1. The van der Waals surface area contributed by atoms with Crippen molar-refractivity contribution in [3.63, 3.8) is 0 Å². The van der Waals surface area contributed by atoms with E-state index >= 15 is 0 Å². The van der Waals surface area contributed by atoms with Crippen molar-refractivity contribution in [2.24, 2.45) is 0 Å². The summed E-state index contributed by atoms with van der Waals surface area (Å²) in [5, 5.41) is 2.90. The highest BCUT2D eigenvalue weighted by molar-refractivity contribution is 9.10. The van der Waals surface area contributed by atoms with E-state index in [4.69, 9.17) is 11.6 Å². The van der Waals surface area contributed by atoms with Gasteiger partial charge in [0.05, 0.1) is 17.2 Å². The number of nitrogens with zero attached hydrogens (tertiary/aromatic N) is 2. The molecule has 0 fully saturated rings. The third-order valence-electron chi connectivity index (χ3n) is 5.82. The number of Topliss-reactive ketones (excluding diaryl/α,β-unsaturated/α-hetero) is 1. The first kappa shape index (κ1) is 25.8. The standard InChI is InChI=1S/C25H18BrClF3N3O3/c1-13-21(34)10-15-9-17(27)4-6-18(15)24(36)33(13)12-14-2-5-19(20(26)8-14)23(35)32-22-7-3-16(11-31-22)25(28,29)30/h2-9,11,13H,10,12H2,1H3,(H,31,32,35)/t13-/m1/s1. The van der Waals surface area contributed by atoms with Gasteiger partial charge < -0.3 is 10.2 Å². The fraction of sp³-hybridized carbons (Fsp3) is 0.200. The quantitative estimate of drug-likeness (QED) is 0.415. The number of anilines is 1. The molecule has 0 saturated heterocycles. The summed E-state index contributed by atoms with van der Waals surface area (Å²) in [5.74, 6) is -1.04. The first-order valence-corrected chi connectivity index (χ1v) is 11.9. The highest BCUT2D eigenvalue weighted by Gasteiger charge is 2.33. The minimum absolute atomic E-state index is 0.0368. The van der Waals surface area contributed by atoms with Crippen LogP contribution in [0.4, 0.5) is 19.0 Å². The molecule has 0 unspecified atom stereocenters. The minimum Gasteiger partial charge on any atom is -0.325 e. The molecule has 1 aliphatic heterocycles. The molecule has 0 spiro atoms. The van der Waals surface area contributed by atoms with Crippen molar-refractivity contribution in [2.75, 3.05) is 5.32 Å². The van der Waals surface area contributed by atoms with Crippen molar-refractivity contribution < 1.29 is 27.6 Å². The predicted octanol–water partition coefficient (Wildman–Crippen LogP) is 5.92. The summed E-state index contributed by atoms with van der Waals surface area (Å²) in [6, 6.07) is 10.9. The Morgan fingerprint density at radius 3 is 2.56 bits per heavy atom. The number of benzene rings is 2. The van der Waals surface area contributed by atoms with Gasteiger partial charge in [0.1, 0.15) is 5.82 Å². The van der Waals surface area contributed by atoms with E-state index in [0.29, 0.717) is 32.4 Å². The summed E-state index contributed by atoms with van der Waals surface area (Å²) in [6.07, 6.45) is -3.79. The molecule has 6 nitrogen and oxygen atoms in total. The van der Waals surface area contributed by atoms with Crippen LogP contribution in [-0.2, 0) is 23.9 Å². The van der Waals surface area contributed by atoms with E-state index < -0.39 is 23.7 Å². The molecule has 2 heterocycles. The fourth-order valence-corrected chi connectivity index (χ4v) is 4.62. The summed E-state index contributed by atoms with van der Waals surface area (Å²) in [5.41, 5.74) is 0.948. The van der Waals surface area contributed by atoms with E-state index in [2.05, 4.69) is 26.2 Å². The topological polar surface area (TPSA) is 79.4 Å². The Labute approximate surface area is 217 Å². The maximum Gasteiger partial charge on any atom is 0.417 e. The van der Waals surface area contributed by atoms with Gasteiger partial charge in [-0.25, -0.2) is 4.98 Å². The van der Waals surface area contributed by atoms with Crippen molar-refractivity contribution in [3.8, 4) is 0 Å². The zero-order valence-corrected chi connectivity index (χ0v) is 21.0. The first-order valence-electron chi connectivity index (χ1n) is 10.7. The lowest BCUT2D eigenvalue weighted by molar-refractivity contribution is -0.137. The van der Waals surface area contributed by atoms with Crippen LogP contribution >= 0.6 is 27.5 Å². The van der Waals surface area contributed by atoms with E-state index in [1.54, 1.807) is 37.3 Å². The normalized spacial score (nSPS) is 15.9. The second kappa shape index (κ2) is 10.0. The maximum absolute atomic E-state index is 13.2. The third-order valence-corrected chi connectivity index (χ3v) is 6.71. The smallest absolute Gasteiger partial charge is 0.325 e. The third kappa shape index (κ3) is 5.44. The molecular weight excluding hydrogens is 563 g/mol. The van der Waals surface area contributed by atoms with Gasteiger partial charge in [-0.05, 0) is 76.4 Å². The number of ketones is 1. The molecule has 0 radical (unpaired) electrons. The lowest BCUT2D eigenvalue weighted by atomic mass is 10.0. The molecule has 4 rings (SSSR count). The minimum atomic E-state index is -4.53. The van der Waals surface area contributed by atoms with Crippen molar-refractivity contribution in [3.05, 3.63) is 92.0 Å². The van der Waals surface area contributed by atoms with Crippen molar-refractivity contribution in [1.82, 2.24) is 9.88 Å². The van der Waals surface area contributed by atoms with Crippen LogP contribution in [0, 0.1) is 0 Å². The summed E-state index contributed by atoms with van der Waals surface area (Å²) in [4.78, 5) is 43.7. The summed E-state index contributed by atoms with van der Waals surface area (Å²) in [6.45, 7) is 1.79. The van der Waals surface area contributed by atoms with Crippen LogP contribution in [0.1, 0.15) is 44.3 Å². The van der Waals surface area contributed by atoms with Crippen molar-refractivity contribution in [2.45, 2.75) is 32.1 Å². The second-order valence-corrected chi connectivity index (χ2v) is 9.54. The van der Waals surface area contributed by atoms with E-state index in [9.17, 15) is 27.6 Å². The molecule has 1 aromatic heterocycles. The van der Waals surface area contributed by atoms with Crippen molar-refractivity contribution >= 4 is 50.9 Å². The van der Waals surface area contributed by atoms with Gasteiger partial charge in [-0.3, -0.25) is 14.4 Å². The number of amides is 2. The lowest BCUT2D eigenvalue weighted by Gasteiger charge is -2.27. The molecule has 0 bridgehead atoms. The highest BCUT2D eigenvalue weighted by Crippen LogP contribution is 2.30. The number of nitrogens with one attached hydrogen (secondary N) is 1. The number of halogens is 5. The average molecular weight is 581 g/mol. The molecule has 0 aliphatic carbocycles. The Balaban J connectivity index is 1.52. The molecule has 3 aromatic rings. The molecule has 1 aliphatic rings. The summed E-state index contributed by atoms with van der Waals surface area (Å²) < 4.78 is 38.5. The summed E-state index contributed by atoms with van der Waals surface area (Å²) >= 11 is 9.38. The van der Waals surface area contributed by atoms with Crippen LogP contribution < -0.4 is 5.32 Å². The Morgan fingerprint density at radius 2 is 1.92 bits per heavy atom. The maximum atomic E-state index is 13.2. The van der Waals surface area contributed by atoms with Crippen LogP contribution in [0.5, 0.6) is 0 Å². The molecule has 2 amide bonds. The van der Waals surface area contributed by atoms with E-state index in [0.717, 1.165) is 12.1 Å². The summed E-state index contributed by atoms with van der Waals surface area (Å²) in [7, 11) is 0. The SMILES string of the molecule is C[C@@H]1C(=O)Cc2cc(Cl)ccc2C(=O)N1Cc1ccc(C(=O)Nc2ccc(C(F)(F)F)cn2)c(Br)c1. The number of hydrogen-bond acceptors (Lipinski definition) is 4. The number of pyridine rings is 1. The Morgan fingerprint density at radius 1 is 1.17 bits per heavy atom. The van der Waals surface area contributed by atoms with Gasteiger partial charge in [0.25, 0.3) is 11.8 Å². The molecular formula is C25H18BrClF3N3O3. The molecule has 0 saturated carbocycles. The van der Waals surface area contributed by atoms with Gasteiger partial charge in [-0.15, -0.1) is 0 Å². The number of aromatic nitrogens is 1. The van der Waals surface area contributed by atoms with Crippen LogP contribution in [0.2, 0.25) is 5.02 Å². The zero-order chi connectivity index (χ0) is 26.2. The lowest BCUT2D eigenvalue weighted by Crippen LogP contribution is -2.41. The molecule has 186 valence electrons. The molecule has 1 atom stereocenters. The average Bonchev–Trinajstić information content (AvgIpc) is 2.89. The largest absolute Gasteiger partial charge is 0.417 e. The van der Waals surface area contributed by atoms with E-state index in [1.165, 1.54) is 11.0 Å². The number of carbonyl (C=O) groups excluding carboxylic acids is 3. The van der Waals surface area contributed by atoms with Crippen molar-refractivity contribution in [1.29, 1.82) is 0 Å². The Kier molecular flexibility index (Phi) is 7.19. The molecule has 36 heavy (non-hydrogen) atoms. The fourth-order valence-electron chi connectivity index (χ4n) is 3.82. The number of alkyl halides is 3. The van der Waals surface area contributed by atoms with Crippen LogP contribution in [0.15, 0.2) is 59.2 Å². The van der Waals surface area contributed by atoms with Gasteiger partial charge in [0.15, 0.2) is 5.78 Å². The Hall–Kier alpha value is -3.24. The van der Waals surface area contributed by atoms with Crippen LogP contribution in [0.3, 0.4) is 0 Å². The first-order chi connectivity index (χ1) is 16.9. The van der Waals surface area contributed by atoms with Gasteiger partial charge in [0, 0.05) is 34.2 Å².